The van der Waals surface area contributed by atoms with E-state index in [1.807, 2.05) is 0 Å². The van der Waals surface area contributed by atoms with Gasteiger partial charge in [-0.1, -0.05) is 12.7 Å². The number of hydrogen-bond donors (Lipinski definition) is 2. The Bertz CT molecular complexity index is 417. The van der Waals surface area contributed by atoms with E-state index in [1.165, 1.54) is 24.4 Å². The maximum atomic E-state index is 11.1. The van der Waals surface area contributed by atoms with Crippen LogP contribution in [-0.2, 0) is 4.74 Å². The van der Waals surface area contributed by atoms with E-state index in [0.29, 0.717) is 0 Å². The molecule has 1 heterocycles. The molecule has 0 fully saturated rings. The molecule has 6 nitrogen and oxygen atoms in total. The average molecular weight is 222 g/mol. The molecule has 16 heavy (non-hydrogen) atoms. The minimum absolute atomic E-state index is 0.0361. The van der Waals surface area contributed by atoms with Crippen LogP contribution < -0.4 is 5.32 Å². The van der Waals surface area contributed by atoms with Gasteiger partial charge in [-0.3, -0.25) is 5.32 Å². The van der Waals surface area contributed by atoms with Gasteiger partial charge in [-0.15, -0.1) is 0 Å². The minimum Gasteiger partial charge on any atom is -0.478 e. The molecule has 0 aromatic carbocycles. The molecule has 6 heteroatoms. The van der Waals surface area contributed by atoms with Gasteiger partial charge in [-0.25, -0.2) is 14.6 Å². The Kier molecular flexibility index (Phi) is 4.02. The Hall–Kier alpha value is -2.37. The Morgan fingerprint density at radius 2 is 2.38 bits per heavy atom. The highest BCUT2D eigenvalue weighted by atomic mass is 16.5. The van der Waals surface area contributed by atoms with Crippen molar-refractivity contribution >= 4 is 17.9 Å². The quantitative estimate of drug-likeness (QED) is 0.754. The average Bonchev–Trinajstić information content (AvgIpc) is 2.26. The molecule has 1 aromatic rings. The van der Waals surface area contributed by atoms with Gasteiger partial charge in [-0.2, -0.15) is 0 Å². The number of carboxylic acid groups (broad SMARTS) is 1. The topological polar surface area (TPSA) is 88.5 Å². The predicted octanol–water partition coefficient (Wildman–Crippen LogP) is 1.51. The third kappa shape index (κ3) is 3.41. The molecule has 0 aliphatic heterocycles. The molecule has 0 saturated carbocycles. The highest BCUT2D eigenvalue weighted by Crippen LogP contribution is 2.06. The summed E-state index contributed by atoms with van der Waals surface area (Å²) >= 11 is 0. The summed E-state index contributed by atoms with van der Waals surface area (Å²) < 4.78 is 4.64. The fourth-order valence-corrected chi connectivity index (χ4v) is 0.907. The maximum Gasteiger partial charge on any atom is 0.413 e. The molecule has 2 N–H and O–H groups in total. The first-order valence-corrected chi connectivity index (χ1v) is 4.37. The van der Waals surface area contributed by atoms with Crippen molar-refractivity contribution in [2.75, 3.05) is 11.9 Å². The van der Waals surface area contributed by atoms with Crippen molar-refractivity contribution in [1.29, 1.82) is 0 Å². The van der Waals surface area contributed by atoms with Crippen LogP contribution in [0, 0.1) is 0 Å². The summed E-state index contributed by atoms with van der Waals surface area (Å²) in [6.45, 7) is 3.45. The van der Waals surface area contributed by atoms with Gasteiger partial charge in [0.1, 0.15) is 12.4 Å². The smallest absolute Gasteiger partial charge is 0.413 e. The van der Waals surface area contributed by atoms with E-state index in [-0.39, 0.29) is 18.0 Å². The van der Waals surface area contributed by atoms with Crippen LogP contribution in [0.15, 0.2) is 31.0 Å². The molecule has 1 rings (SSSR count). The molecular weight excluding hydrogens is 212 g/mol. The van der Waals surface area contributed by atoms with Gasteiger partial charge in [0.15, 0.2) is 0 Å². The van der Waals surface area contributed by atoms with Crippen molar-refractivity contribution in [2.45, 2.75) is 0 Å². The number of rotatable bonds is 4. The molecule has 0 atom stereocenters. The highest BCUT2D eigenvalue weighted by Gasteiger charge is 2.07. The zero-order chi connectivity index (χ0) is 12.0. The van der Waals surface area contributed by atoms with Gasteiger partial charge in [0, 0.05) is 6.20 Å². The normalized spacial score (nSPS) is 9.25. The summed E-state index contributed by atoms with van der Waals surface area (Å²) in [5, 5.41) is 11.0. The maximum absolute atomic E-state index is 11.1. The van der Waals surface area contributed by atoms with Gasteiger partial charge in [0.05, 0.1) is 5.56 Å². The number of aromatic carboxylic acids is 1. The van der Waals surface area contributed by atoms with E-state index >= 15 is 0 Å². The number of pyridine rings is 1. The van der Waals surface area contributed by atoms with Crippen LogP contribution in [0.1, 0.15) is 10.4 Å². The Balaban J connectivity index is 2.66. The zero-order valence-electron chi connectivity index (χ0n) is 8.34. The van der Waals surface area contributed by atoms with Gasteiger partial charge in [-0.05, 0) is 12.1 Å². The number of hydrogen-bond acceptors (Lipinski definition) is 4. The Morgan fingerprint density at radius 3 is 3.00 bits per heavy atom. The monoisotopic (exact) mass is 222 g/mol. The van der Waals surface area contributed by atoms with Crippen LogP contribution in [0.2, 0.25) is 0 Å². The second kappa shape index (κ2) is 5.50. The molecule has 0 aliphatic carbocycles. The SMILES string of the molecule is C=CCOC(=O)Nc1cc(C(=O)O)ccn1. The Morgan fingerprint density at radius 1 is 1.62 bits per heavy atom. The molecule has 0 aliphatic rings. The molecule has 0 saturated heterocycles. The second-order valence-corrected chi connectivity index (χ2v) is 2.75. The first kappa shape index (κ1) is 11.7. The van der Waals surface area contributed by atoms with Gasteiger partial charge < -0.3 is 9.84 Å². The van der Waals surface area contributed by atoms with Crippen LogP contribution >= 0.6 is 0 Å². The summed E-state index contributed by atoms with van der Waals surface area (Å²) in [5.41, 5.74) is 0.0361. The van der Waals surface area contributed by atoms with E-state index in [1.54, 1.807) is 0 Å². The third-order valence-electron chi connectivity index (χ3n) is 1.57. The lowest BCUT2D eigenvalue weighted by molar-refractivity contribution is 0.0696. The first-order valence-electron chi connectivity index (χ1n) is 4.37. The molecule has 84 valence electrons. The molecule has 0 radical (unpaired) electrons. The van der Waals surface area contributed by atoms with Crippen LogP contribution in [0.5, 0.6) is 0 Å². The van der Waals surface area contributed by atoms with E-state index in [2.05, 4.69) is 21.6 Å². The second-order valence-electron chi connectivity index (χ2n) is 2.75. The molecule has 1 amide bonds. The molecule has 0 bridgehead atoms. The van der Waals surface area contributed by atoms with Crippen LogP contribution in [-0.4, -0.2) is 28.8 Å². The van der Waals surface area contributed by atoms with Crippen molar-refractivity contribution in [2.24, 2.45) is 0 Å². The number of carboxylic acids is 1. The first-order chi connectivity index (χ1) is 7.63. The van der Waals surface area contributed by atoms with Crippen LogP contribution in [0.4, 0.5) is 10.6 Å². The highest BCUT2D eigenvalue weighted by molar-refractivity contribution is 5.90. The fourth-order valence-electron chi connectivity index (χ4n) is 0.907. The van der Waals surface area contributed by atoms with Gasteiger partial charge in [0.25, 0.3) is 0 Å². The largest absolute Gasteiger partial charge is 0.478 e. The number of anilines is 1. The number of carbonyl (C=O) groups is 2. The third-order valence-corrected chi connectivity index (χ3v) is 1.57. The molecular formula is C10H10N2O4. The van der Waals surface area contributed by atoms with E-state index in [9.17, 15) is 9.59 Å². The molecule has 0 unspecified atom stereocenters. The van der Waals surface area contributed by atoms with Gasteiger partial charge in [0.2, 0.25) is 0 Å². The molecule has 1 aromatic heterocycles. The van der Waals surface area contributed by atoms with Crippen LogP contribution in [0.25, 0.3) is 0 Å². The number of nitrogens with one attached hydrogen (secondary N) is 1. The number of amides is 1. The minimum atomic E-state index is -1.09. The van der Waals surface area contributed by atoms with Gasteiger partial charge >= 0.3 is 12.1 Å². The van der Waals surface area contributed by atoms with Crippen molar-refractivity contribution in [3.8, 4) is 0 Å². The van der Waals surface area contributed by atoms with E-state index in [4.69, 9.17) is 5.11 Å². The fraction of sp³-hybridized carbons (Fsp3) is 0.100. The van der Waals surface area contributed by atoms with Crippen molar-refractivity contribution in [3.63, 3.8) is 0 Å². The number of nitrogens with zero attached hydrogens (tertiary/aromatic N) is 1. The van der Waals surface area contributed by atoms with Crippen molar-refractivity contribution < 1.29 is 19.4 Å². The summed E-state index contributed by atoms with van der Waals surface area (Å²) in [5.74, 6) is -0.973. The summed E-state index contributed by atoms with van der Waals surface area (Å²) in [6.07, 6.45) is 1.99. The van der Waals surface area contributed by atoms with Crippen LogP contribution in [0.3, 0.4) is 0 Å². The lowest BCUT2D eigenvalue weighted by atomic mass is 10.3. The Labute approximate surface area is 91.6 Å². The summed E-state index contributed by atoms with van der Waals surface area (Å²) in [7, 11) is 0. The number of carbonyl (C=O) groups excluding carboxylic acids is 1. The zero-order valence-corrected chi connectivity index (χ0v) is 8.34. The van der Waals surface area contributed by atoms with Crippen molar-refractivity contribution in [1.82, 2.24) is 4.98 Å². The lowest BCUT2D eigenvalue weighted by Gasteiger charge is -2.04. The standard InChI is InChI=1S/C10H10N2O4/c1-2-5-16-10(15)12-8-6-7(9(13)14)3-4-11-8/h2-4,6H,1,5H2,(H,13,14)(H,11,12,15). The van der Waals surface area contributed by atoms with E-state index < -0.39 is 12.1 Å². The number of ether oxygens (including phenoxy) is 1. The number of aromatic nitrogens is 1. The lowest BCUT2D eigenvalue weighted by Crippen LogP contribution is -2.15. The van der Waals surface area contributed by atoms with Crippen molar-refractivity contribution in [3.05, 3.63) is 36.5 Å². The predicted molar refractivity (Wildman–Crippen MR) is 56.4 cm³/mol. The van der Waals surface area contributed by atoms with E-state index in [0.717, 1.165) is 0 Å². The molecule has 0 spiro atoms. The summed E-state index contributed by atoms with van der Waals surface area (Å²) in [6, 6.07) is 2.56. The summed E-state index contributed by atoms with van der Waals surface area (Å²) in [4.78, 5) is 25.5.